The molecule has 1 aromatic heterocycles. The van der Waals surface area contributed by atoms with Gasteiger partial charge in [-0.25, -0.2) is 0 Å². The summed E-state index contributed by atoms with van der Waals surface area (Å²) >= 11 is 0. The molecule has 1 fully saturated rings. The van der Waals surface area contributed by atoms with E-state index in [4.69, 9.17) is 4.52 Å². The van der Waals surface area contributed by atoms with E-state index >= 15 is 0 Å². The van der Waals surface area contributed by atoms with E-state index < -0.39 is 0 Å². The van der Waals surface area contributed by atoms with Crippen molar-refractivity contribution in [3.63, 3.8) is 0 Å². The van der Waals surface area contributed by atoms with Crippen LogP contribution in [0.5, 0.6) is 0 Å². The third-order valence-corrected chi connectivity index (χ3v) is 3.71. The second kappa shape index (κ2) is 6.70. The number of likely N-dealkylation sites (tertiary alicyclic amines) is 1. The minimum atomic E-state index is 0.269. The quantitative estimate of drug-likeness (QED) is 0.825. The van der Waals surface area contributed by atoms with Crippen LogP contribution in [0.4, 0.5) is 0 Å². The number of aryl methyl sites for hydroxylation is 2. The number of hydrogen-bond donors (Lipinski definition) is 1. The van der Waals surface area contributed by atoms with Crippen molar-refractivity contribution in [2.45, 2.75) is 46.1 Å². The Labute approximate surface area is 114 Å². The molecule has 0 atom stereocenters. The maximum Gasteiger partial charge on any atom is 0.223 e. The summed E-state index contributed by atoms with van der Waals surface area (Å²) < 4.78 is 5.10. The van der Waals surface area contributed by atoms with Crippen molar-refractivity contribution in [1.82, 2.24) is 15.4 Å². The van der Waals surface area contributed by atoms with Crippen LogP contribution in [0.3, 0.4) is 0 Å². The fourth-order valence-electron chi connectivity index (χ4n) is 2.46. The van der Waals surface area contributed by atoms with Crippen molar-refractivity contribution < 1.29 is 9.32 Å². The van der Waals surface area contributed by atoms with E-state index in [1.54, 1.807) is 0 Å². The van der Waals surface area contributed by atoms with E-state index in [0.717, 1.165) is 42.9 Å². The molecule has 5 nitrogen and oxygen atoms in total. The van der Waals surface area contributed by atoms with Gasteiger partial charge in [0.2, 0.25) is 5.91 Å². The average Bonchev–Trinajstić information content (AvgIpc) is 2.75. The van der Waals surface area contributed by atoms with E-state index in [0.29, 0.717) is 19.5 Å². The van der Waals surface area contributed by atoms with Gasteiger partial charge in [-0.1, -0.05) is 5.16 Å². The molecular formula is C14H23N3O2. The maximum absolute atomic E-state index is 11.9. The van der Waals surface area contributed by atoms with Gasteiger partial charge in [0.1, 0.15) is 5.76 Å². The molecule has 19 heavy (non-hydrogen) atoms. The molecule has 1 N–H and O–H groups in total. The fourth-order valence-corrected chi connectivity index (χ4v) is 2.46. The predicted molar refractivity (Wildman–Crippen MR) is 72.7 cm³/mol. The molecule has 1 amide bonds. The van der Waals surface area contributed by atoms with Crippen molar-refractivity contribution in [1.29, 1.82) is 0 Å². The minimum absolute atomic E-state index is 0.269. The summed E-state index contributed by atoms with van der Waals surface area (Å²) in [5.74, 6) is 1.12. The summed E-state index contributed by atoms with van der Waals surface area (Å²) in [6.45, 7) is 7.14. The molecule has 0 unspecified atom stereocenters. The van der Waals surface area contributed by atoms with E-state index in [1.807, 2.05) is 18.7 Å². The van der Waals surface area contributed by atoms with Gasteiger partial charge in [-0.2, -0.15) is 0 Å². The first-order valence-corrected chi connectivity index (χ1v) is 7.08. The molecule has 5 heteroatoms. The average molecular weight is 265 g/mol. The van der Waals surface area contributed by atoms with Crippen molar-refractivity contribution in [2.24, 2.45) is 0 Å². The van der Waals surface area contributed by atoms with Crippen LogP contribution in [0.1, 0.15) is 42.7 Å². The van der Waals surface area contributed by atoms with Gasteiger partial charge < -0.3 is 14.7 Å². The molecule has 1 saturated heterocycles. The van der Waals surface area contributed by atoms with Gasteiger partial charge >= 0.3 is 0 Å². The number of aromatic nitrogens is 1. The number of piperidine rings is 1. The van der Waals surface area contributed by atoms with Gasteiger partial charge in [-0.3, -0.25) is 4.79 Å². The monoisotopic (exact) mass is 265 g/mol. The van der Waals surface area contributed by atoms with Gasteiger partial charge in [0.05, 0.1) is 5.69 Å². The SMILES string of the molecule is Cc1noc(C)c1CNCCC(=O)N1CCCCC1. The summed E-state index contributed by atoms with van der Waals surface area (Å²) in [6, 6.07) is 0. The lowest BCUT2D eigenvalue weighted by Crippen LogP contribution is -2.37. The Kier molecular flexibility index (Phi) is 4.96. The van der Waals surface area contributed by atoms with Crippen LogP contribution in [0, 0.1) is 13.8 Å². The van der Waals surface area contributed by atoms with E-state index in [2.05, 4.69) is 10.5 Å². The number of nitrogens with one attached hydrogen (secondary N) is 1. The predicted octanol–water partition coefficient (Wildman–Crippen LogP) is 1.78. The molecule has 0 radical (unpaired) electrons. The van der Waals surface area contributed by atoms with Crippen molar-refractivity contribution >= 4 is 5.91 Å². The zero-order valence-electron chi connectivity index (χ0n) is 11.9. The number of carbonyl (C=O) groups is 1. The van der Waals surface area contributed by atoms with E-state index in [-0.39, 0.29) is 5.91 Å². The van der Waals surface area contributed by atoms with Gasteiger partial charge in [0, 0.05) is 38.2 Å². The van der Waals surface area contributed by atoms with Crippen LogP contribution in [-0.4, -0.2) is 35.6 Å². The first-order valence-electron chi connectivity index (χ1n) is 7.08. The number of hydrogen-bond acceptors (Lipinski definition) is 4. The van der Waals surface area contributed by atoms with E-state index in [1.165, 1.54) is 6.42 Å². The molecule has 106 valence electrons. The van der Waals surface area contributed by atoms with Crippen LogP contribution >= 0.6 is 0 Å². The lowest BCUT2D eigenvalue weighted by atomic mass is 10.1. The summed E-state index contributed by atoms with van der Waals surface area (Å²) in [5, 5.41) is 7.21. The molecule has 1 aliphatic heterocycles. The number of nitrogens with zero attached hydrogens (tertiary/aromatic N) is 2. The molecular weight excluding hydrogens is 242 g/mol. The Morgan fingerprint density at radius 3 is 2.68 bits per heavy atom. The molecule has 0 aliphatic carbocycles. The zero-order chi connectivity index (χ0) is 13.7. The van der Waals surface area contributed by atoms with Crippen LogP contribution in [0.2, 0.25) is 0 Å². The molecule has 1 aliphatic rings. The Hall–Kier alpha value is -1.36. The first kappa shape index (κ1) is 14.1. The lowest BCUT2D eigenvalue weighted by molar-refractivity contribution is -0.131. The zero-order valence-corrected chi connectivity index (χ0v) is 11.9. The van der Waals surface area contributed by atoms with Crippen LogP contribution < -0.4 is 5.32 Å². The second-order valence-electron chi connectivity index (χ2n) is 5.17. The standard InChI is InChI=1S/C14H23N3O2/c1-11-13(12(2)19-16-11)10-15-7-6-14(18)17-8-4-3-5-9-17/h15H,3-10H2,1-2H3. The third-order valence-electron chi connectivity index (χ3n) is 3.71. The van der Waals surface area contributed by atoms with Crippen molar-refractivity contribution in [2.75, 3.05) is 19.6 Å². The molecule has 0 saturated carbocycles. The highest BCUT2D eigenvalue weighted by Crippen LogP contribution is 2.12. The second-order valence-corrected chi connectivity index (χ2v) is 5.17. The Bertz CT molecular complexity index is 403. The molecule has 0 spiro atoms. The summed E-state index contributed by atoms with van der Waals surface area (Å²) in [7, 11) is 0. The van der Waals surface area contributed by atoms with Crippen molar-refractivity contribution in [3.05, 3.63) is 17.0 Å². The fraction of sp³-hybridized carbons (Fsp3) is 0.714. The van der Waals surface area contributed by atoms with Gasteiger partial charge in [-0.15, -0.1) is 0 Å². The van der Waals surface area contributed by atoms with E-state index in [9.17, 15) is 4.79 Å². The normalized spacial score (nSPS) is 15.8. The highest BCUT2D eigenvalue weighted by Gasteiger charge is 2.15. The van der Waals surface area contributed by atoms with Gasteiger partial charge in [0.15, 0.2) is 0 Å². The smallest absolute Gasteiger partial charge is 0.223 e. The van der Waals surface area contributed by atoms with Crippen LogP contribution in [0.25, 0.3) is 0 Å². The largest absolute Gasteiger partial charge is 0.361 e. The topological polar surface area (TPSA) is 58.4 Å². The number of rotatable bonds is 5. The molecule has 2 heterocycles. The number of amides is 1. The molecule has 0 bridgehead atoms. The van der Waals surface area contributed by atoms with Crippen LogP contribution in [-0.2, 0) is 11.3 Å². The summed E-state index contributed by atoms with van der Waals surface area (Å²) in [4.78, 5) is 13.9. The molecule has 2 rings (SSSR count). The minimum Gasteiger partial charge on any atom is -0.361 e. The highest BCUT2D eigenvalue weighted by molar-refractivity contribution is 5.76. The molecule has 1 aromatic rings. The van der Waals surface area contributed by atoms with Crippen LogP contribution in [0.15, 0.2) is 4.52 Å². The highest BCUT2D eigenvalue weighted by atomic mass is 16.5. The summed E-state index contributed by atoms with van der Waals surface area (Å²) in [6.07, 6.45) is 4.13. The summed E-state index contributed by atoms with van der Waals surface area (Å²) in [5.41, 5.74) is 2.03. The van der Waals surface area contributed by atoms with Gasteiger partial charge in [0.25, 0.3) is 0 Å². The first-order chi connectivity index (χ1) is 9.18. The Morgan fingerprint density at radius 1 is 1.32 bits per heavy atom. The lowest BCUT2D eigenvalue weighted by Gasteiger charge is -2.26. The van der Waals surface area contributed by atoms with Gasteiger partial charge in [-0.05, 0) is 33.1 Å². The Balaban J connectivity index is 1.67. The molecule has 0 aromatic carbocycles. The number of carbonyl (C=O) groups excluding carboxylic acids is 1. The maximum atomic E-state index is 11.9. The Morgan fingerprint density at radius 2 is 2.05 bits per heavy atom. The van der Waals surface area contributed by atoms with Crippen molar-refractivity contribution in [3.8, 4) is 0 Å². The third kappa shape index (κ3) is 3.80.